The third-order valence-corrected chi connectivity index (χ3v) is 4.62. The van der Waals surface area contributed by atoms with Crippen LogP contribution in [0.2, 0.25) is 0 Å². The first-order valence-corrected chi connectivity index (χ1v) is 7.22. The molecule has 3 unspecified atom stereocenters. The maximum atomic E-state index is 6.30. The molecule has 3 atom stereocenters. The SMILES string of the molecule is CC(C)C1CCC(N)C(CN2CCOCC2)C1. The average molecular weight is 240 g/mol. The maximum absolute atomic E-state index is 6.30. The van der Waals surface area contributed by atoms with Gasteiger partial charge in [-0.3, -0.25) is 4.90 Å². The number of rotatable bonds is 3. The lowest BCUT2D eigenvalue weighted by Gasteiger charge is -2.39. The number of ether oxygens (including phenoxy) is 1. The Hall–Kier alpha value is -0.120. The van der Waals surface area contributed by atoms with Crippen LogP contribution in [0, 0.1) is 17.8 Å². The van der Waals surface area contributed by atoms with Gasteiger partial charge in [0.25, 0.3) is 0 Å². The smallest absolute Gasteiger partial charge is 0.0594 e. The number of hydrogen-bond donors (Lipinski definition) is 1. The van der Waals surface area contributed by atoms with Crippen LogP contribution in [0.15, 0.2) is 0 Å². The zero-order valence-electron chi connectivity index (χ0n) is 11.4. The molecule has 3 heteroatoms. The second-order valence-electron chi connectivity index (χ2n) is 6.15. The van der Waals surface area contributed by atoms with Crippen molar-refractivity contribution >= 4 is 0 Å². The summed E-state index contributed by atoms with van der Waals surface area (Å²) in [6.07, 6.45) is 3.88. The van der Waals surface area contributed by atoms with Crippen molar-refractivity contribution in [1.29, 1.82) is 0 Å². The first-order valence-electron chi connectivity index (χ1n) is 7.22. The highest BCUT2D eigenvalue weighted by Crippen LogP contribution is 2.33. The second kappa shape index (κ2) is 6.17. The molecule has 0 bridgehead atoms. The van der Waals surface area contributed by atoms with Crippen molar-refractivity contribution in [1.82, 2.24) is 4.90 Å². The van der Waals surface area contributed by atoms with Crippen LogP contribution in [0.4, 0.5) is 0 Å². The summed E-state index contributed by atoms with van der Waals surface area (Å²) in [6.45, 7) is 9.88. The zero-order valence-corrected chi connectivity index (χ0v) is 11.4. The summed E-state index contributed by atoms with van der Waals surface area (Å²) in [4.78, 5) is 2.54. The van der Waals surface area contributed by atoms with E-state index >= 15 is 0 Å². The predicted octanol–water partition coefficient (Wildman–Crippen LogP) is 1.72. The number of nitrogens with two attached hydrogens (primary N) is 1. The summed E-state index contributed by atoms with van der Waals surface area (Å²) in [5.74, 6) is 2.41. The normalized spacial score (nSPS) is 36.4. The molecule has 0 aromatic carbocycles. The van der Waals surface area contributed by atoms with Crippen LogP contribution in [-0.2, 0) is 4.74 Å². The van der Waals surface area contributed by atoms with Crippen molar-refractivity contribution in [2.75, 3.05) is 32.8 Å². The molecule has 1 saturated heterocycles. The minimum atomic E-state index is 0.424. The Kier molecular flexibility index (Phi) is 4.83. The van der Waals surface area contributed by atoms with Crippen molar-refractivity contribution in [2.45, 2.75) is 39.2 Å². The first-order chi connectivity index (χ1) is 8.16. The first kappa shape index (κ1) is 13.3. The van der Waals surface area contributed by atoms with Gasteiger partial charge < -0.3 is 10.5 Å². The summed E-state index contributed by atoms with van der Waals surface area (Å²) >= 11 is 0. The number of morpholine rings is 1. The van der Waals surface area contributed by atoms with Crippen molar-refractivity contribution in [3.63, 3.8) is 0 Å². The lowest BCUT2D eigenvalue weighted by Crippen LogP contribution is -2.46. The highest BCUT2D eigenvalue weighted by Gasteiger charge is 2.31. The van der Waals surface area contributed by atoms with Gasteiger partial charge in [0, 0.05) is 25.7 Å². The molecule has 1 saturated carbocycles. The van der Waals surface area contributed by atoms with E-state index in [-0.39, 0.29) is 0 Å². The van der Waals surface area contributed by atoms with E-state index in [1.165, 1.54) is 25.8 Å². The Morgan fingerprint density at radius 3 is 2.59 bits per heavy atom. The molecule has 1 aliphatic heterocycles. The minimum Gasteiger partial charge on any atom is -0.379 e. The molecule has 2 rings (SSSR count). The molecular weight excluding hydrogens is 212 g/mol. The third kappa shape index (κ3) is 3.67. The summed E-state index contributed by atoms with van der Waals surface area (Å²) in [5.41, 5.74) is 6.30. The van der Waals surface area contributed by atoms with E-state index in [4.69, 9.17) is 10.5 Å². The Labute approximate surface area is 106 Å². The van der Waals surface area contributed by atoms with Gasteiger partial charge in [-0.1, -0.05) is 13.8 Å². The van der Waals surface area contributed by atoms with Gasteiger partial charge >= 0.3 is 0 Å². The van der Waals surface area contributed by atoms with Crippen molar-refractivity contribution < 1.29 is 4.74 Å². The lowest BCUT2D eigenvalue weighted by atomic mass is 9.73. The fraction of sp³-hybridized carbons (Fsp3) is 1.00. The Morgan fingerprint density at radius 1 is 1.24 bits per heavy atom. The largest absolute Gasteiger partial charge is 0.379 e. The molecule has 0 aromatic heterocycles. The molecule has 0 spiro atoms. The Bertz CT molecular complexity index is 226. The predicted molar refractivity (Wildman–Crippen MR) is 70.9 cm³/mol. The average Bonchev–Trinajstić information content (AvgIpc) is 2.33. The highest BCUT2D eigenvalue weighted by atomic mass is 16.5. The van der Waals surface area contributed by atoms with Gasteiger partial charge in [0.15, 0.2) is 0 Å². The van der Waals surface area contributed by atoms with Crippen LogP contribution in [0.1, 0.15) is 33.1 Å². The van der Waals surface area contributed by atoms with Gasteiger partial charge in [-0.15, -0.1) is 0 Å². The van der Waals surface area contributed by atoms with Gasteiger partial charge in [0.2, 0.25) is 0 Å². The van der Waals surface area contributed by atoms with Crippen LogP contribution in [0.5, 0.6) is 0 Å². The molecule has 17 heavy (non-hydrogen) atoms. The molecule has 0 amide bonds. The quantitative estimate of drug-likeness (QED) is 0.816. The second-order valence-corrected chi connectivity index (χ2v) is 6.15. The van der Waals surface area contributed by atoms with Gasteiger partial charge in [0.1, 0.15) is 0 Å². The maximum Gasteiger partial charge on any atom is 0.0594 e. The molecule has 2 aliphatic rings. The fourth-order valence-corrected chi connectivity index (χ4v) is 3.25. The molecular formula is C14H28N2O. The van der Waals surface area contributed by atoms with Crippen LogP contribution < -0.4 is 5.73 Å². The summed E-state index contributed by atoms with van der Waals surface area (Å²) in [5, 5.41) is 0. The number of nitrogens with zero attached hydrogens (tertiary/aromatic N) is 1. The minimum absolute atomic E-state index is 0.424. The van der Waals surface area contributed by atoms with Crippen LogP contribution in [0.3, 0.4) is 0 Å². The van der Waals surface area contributed by atoms with Crippen molar-refractivity contribution in [3.8, 4) is 0 Å². The Balaban J connectivity index is 1.84. The molecule has 1 aliphatic carbocycles. The molecule has 3 nitrogen and oxygen atoms in total. The molecule has 2 N–H and O–H groups in total. The van der Waals surface area contributed by atoms with Gasteiger partial charge in [-0.05, 0) is 37.0 Å². The number of hydrogen-bond acceptors (Lipinski definition) is 3. The van der Waals surface area contributed by atoms with E-state index in [9.17, 15) is 0 Å². The monoisotopic (exact) mass is 240 g/mol. The van der Waals surface area contributed by atoms with Crippen molar-refractivity contribution in [2.24, 2.45) is 23.5 Å². The molecule has 0 aromatic rings. The van der Waals surface area contributed by atoms with Crippen LogP contribution >= 0.6 is 0 Å². The van der Waals surface area contributed by atoms with Gasteiger partial charge in [-0.2, -0.15) is 0 Å². The van der Waals surface area contributed by atoms with E-state index in [2.05, 4.69) is 18.7 Å². The Morgan fingerprint density at radius 2 is 1.94 bits per heavy atom. The molecule has 0 radical (unpaired) electrons. The van der Waals surface area contributed by atoms with E-state index < -0.39 is 0 Å². The fourth-order valence-electron chi connectivity index (χ4n) is 3.25. The summed E-state index contributed by atoms with van der Waals surface area (Å²) in [6, 6.07) is 0.424. The summed E-state index contributed by atoms with van der Waals surface area (Å²) < 4.78 is 5.40. The highest BCUT2D eigenvalue weighted by molar-refractivity contribution is 4.85. The van der Waals surface area contributed by atoms with Gasteiger partial charge in [0.05, 0.1) is 13.2 Å². The lowest BCUT2D eigenvalue weighted by molar-refractivity contribution is 0.0217. The standard InChI is InChI=1S/C14H28N2O/c1-11(2)12-3-4-14(15)13(9-12)10-16-5-7-17-8-6-16/h11-14H,3-10,15H2,1-2H3. The molecule has 100 valence electrons. The van der Waals surface area contributed by atoms with Crippen LogP contribution in [-0.4, -0.2) is 43.8 Å². The van der Waals surface area contributed by atoms with Gasteiger partial charge in [-0.25, -0.2) is 0 Å². The molecule has 2 fully saturated rings. The van der Waals surface area contributed by atoms with E-state index in [1.807, 2.05) is 0 Å². The zero-order chi connectivity index (χ0) is 12.3. The van der Waals surface area contributed by atoms with E-state index in [0.29, 0.717) is 12.0 Å². The third-order valence-electron chi connectivity index (χ3n) is 4.62. The van der Waals surface area contributed by atoms with Crippen LogP contribution in [0.25, 0.3) is 0 Å². The molecule has 1 heterocycles. The summed E-state index contributed by atoms with van der Waals surface area (Å²) in [7, 11) is 0. The van der Waals surface area contributed by atoms with Crippen molar-refractivity contribution in [3.05, 3.63) is 0 Å². The van der Waals surface area contributed by atoms with E-state index in [0.717, 1.165) is 38.1 Å². The topological polar surface area (TPSA) is 38.5 Å². The van der Waals surface area contributed by atoms with E-state index in [1.54, 1.807) is 0 Å².